The van der Waals surface area contributed by atoms with E-state index >= 15 is 0 Å². The van der Waals surface area contributed by atoms with Gasteiger partial charge < -0.3 is 5.73 Å². The molecule has 6 heteroatoms. The summed E-state index contributed by atoms with van der Waals surface area (Å²) in [6.07, 6.45) is -4.57. The van der Waals surface area contributed by atoms with Crippen molar-refractivity contribution >= 4 is 11.6 Å². The van der Waals surface area contributed by atoms with Crippen molar-refractivity contribution in [3.8, 4) is 6.07 Å². The number of alkyl halides is 3. The molecule has 0 aliphatic rings. The summed E-state index contributed by atoms with van der Waals surface area (Å²) >= 11 is 5.63. The lowest BCUT2D eigenvalue weighted by Crippen LogP contribution is -2.10. The molecule has 0 atom stereocenters. The molecule has 15 heavy (non-hydrogen) atoms. The molecule has 2 N–H and O–H groups in total. The Morgan fingerprint density at radius 3 is 2.40 bits per heavy atom. The molecule has 0 aromatic heterocycles. The topological polar surface area (TPSA) is 49.8 Å². The van der Waals surface area contributed by atoms with Gasteiger partial charge in [-0.05, 0) is 17.7 Å². The van der Waals surface area contributed by atoms with Crippen LogP contribution >= 0.6 is 11.6 Å². The molecule has 1 aromatic rings. The van der Waals surface area contributed by atoms with Crippen molar-refractivity contribution in [1.29, 1.82) is 5.26 Å². The first-order valence-electron chi connectivity index (χ1n) is 3.90. The number of halogens is 4. The van der Waals surface area contributed by atoms with Crippen LogP contribution in [0.5, 0.6) is 0 Å². The SMILES string of the molecule is N#Cc1cc(Cl)c(CN)cc1C(F)(F)F. The minimum Gasteiger partial charge on any atom is -0.326 e. The summed E-state index contributed by atoms with van der Waals surface area (Å²) in [6, 6.07) is 3.23. The molecule has 0 fully saturated rings. The van der Waals surface area contributed by atoms with E-state index in [4.69, 9.17) is 22.6 Å². The Bertz CT molecular complexity index is 421. The van der Waals surface area contributed by atoms with Crippen molar-refractivity contribution in [2.75, 3.05) is 0 Å². The highest BCUT2D eigenvalue weighted by Gasteiger charge is 2.34. The highest BCUT2D eigenvalue weighted by Crippen LogP contribution is 2.34. The molecule has 0 spiro atoms. The maximum absolute atomic E-state index is 12.4. The largest absolute Gasteiger partial charge is 0.417 e. The summed E-state index contributed by atoms with van der Waals surface area (Å²) in [5, 5.41) is 8.60. The van der Waals surface area contributed by atoms with Gasteiger partial charge in [0.1, 0.15) is 0 Å². The van der Waals surface area contributed by atoms with Crippen LogP contribution in [0.1, 0.15) is 16.7 Å². The van der Waals surface area contributed by atoms with E-state index in [1.165, 1.54) is 6.07 Å². The van der Waals surface area contributed by atoms with E-state index in [1.807, 2.05) is 0 Å². The quantitative estimate of drug-likeness (QED) is 0.812. The van der Waals surface area contributed by atoms with Gasteiger partial charge in [-0.3, -0.25) is 0 Å². The Balaban J connectivity index is 3.44. The van der Waals surface area contributed by atoms with E-state index < -0.39 is 17.3 Å². The van der Waals surface area contributed by atoms with E-state index in [9.17, 15) is 13.2 Å². The fourth-order valence-electron chi connectivity index (χ4n) is 1.10. The molecule has 0 saturated heterocycles. The molecule has 1 aromatic carbocycles. The van der Waals surface area contributed by atoms with Crippen molar-refractivity contribution in [3.05, 3.63) is 33.8 Å². The van der Waals surface area contributed by atoms with Gasteiger partial charge >= 0.3 is 6.18 Å². The molecular weight excluding hydrogens is 229 g/mol. The van der Waals surface area contributed by atoms with Crippen LogP contribution in [-0.4, -0.2) is 0 Å². The van der Waals surface area contributed by atoms with E-state index in [0.29, 0.717) is 0 Å². The van der Waals surface area contributed by atoms with Crippen LogP contribution in [0.4, 0.5) is 13.2 Å². The van der Waals surface area contributed by atoms with E-state index in [-0.39, 0.29) is 17.1 Å². The lowest BCUT2D eigenvalue weighted by Gasteiger charge is -2.11. The molecule has 0 aliphatic heterocycles. The van der Waals surface area contributed by atoms with Crippen LogP contribution in [0.3, 0.4) is 0 Å². The third-order valence-electron chi connectivity index (χ3n) is 1.83. The molecule has 0 radical (unpaired) electrons. The third-order valence-corrected chi connectivity index (χ3v) is 2.18. The van der Waals surface area contributed by atoms with Crippen LogP contribution in [-0.2, 0) is 12.7 Å². The van der Waals surface area contributed by atoms with Gasteiger partial charge in [0.05, 0.1) is 17.2 Å². The van der Waals surface area contributed by atoms with Crippen molar-refractivity contribution in [3.63, 3.8) is 0 Å². The van der Waals surface area contributed by atoms with Crippen molar-refractivity contribution < 1.29 is 13.2 Å². The molecule has 0 saturated carbocycles. The van der Waals surface area contributed by atoms with Gasteiger partial charge in [0.25, 0.3) is 0 Å². The van der Waals surface area contributed by atoms with Gasteiger partial charge in [0.15, 0.2) is 0 Å². The zero-order chi connectivity index (χ0) is 11.6. The third kappa shape index (κ3) is 2.41. The first kappa shape index (κ1) is 11.8. The summed E-state index contributed by atoms with van der Waals surface area (Å²) in [5.74, 6) is 0. The van der Waals surface area contributed by atoms with Crippen LogP contribution < -0.4 is 5.73 Å². The highest BCUT2D eigenvalue weighted by atomic mass is 35.5. The lowest BCUT2D eigenvalue weighted by atomic mass is 10.0. The number of nitrogens with two attached hydrogens (primary N) is 1. The Kier molecular flexibility index (Phi) is 3.22. The smallest absolute Gasteiger partial charge is 0.326 e. The number of nitrogens with zero attached hydrogens (tertiary/aromatic N) is 1. The number of nitriles is 1. The fraction of sp³-hybridized carbons (Fsp3) is 0.222. The molecule has 0 bridgehead atoms. The van der Waals surface area contributed by atoms with Gasteiger partial charge in [-0.25, -0.2) is 0 Å². The molecule has 80 valence electrons. The van der Waals surface area contributed by atoms with E-state index in [1.54, 1.807) is 0 Å². The number of benzene rings is 1. The maximum atomic E-state index is 12.4. The molecule has 0 aliphatic carbocycles. The standard InChI is InChI=1S/C9H6ClF3N2/c10-8-2-5(3-14)7(9(11,12)13)1-6(8)4-15/h1-2H,4,15H2. The minimum atomic E-state index is -4.57. The average Bonchev–Trinajstić information content (AvgIpc) is 2.15. The van der Waals surface area contributed by atoms with Crippen molar-refractivity contribution in [2.45, 2.75) is 12.7 Å². The Hall–Kier alpha value is -1.25. The van der Waals surface area contributed by atoms with Crippen LogP contribution in [0.2, 0.25) is 5.02 Å². The second-order valence-corrected chi connectivity index (χ2v) is 3.21. The van der Waals surface area contributed by atoms with Crippen molar-refractivity contribution in [1.82, 2.24) is 0 Å². The molecule has 2 nitrogen and oxygen atoms in total. The van der Waals surface area contributed by atoms with Crippen LogP contribution in [0.25, 0.3) is 0 Å². The zero-order valence-electron chi connectivity index (χ0n) is 7.40. The second kappa shape index (κ2) is 4.09. The summed E-state index contributed by atoms with van der Waals surface area (Å²) in [7, 11) is 0. The second-order valence-electron chi connectivity index (χ2n) is 2.80. The molecule has 1 rings (SSSR count). The number of rotatable bonds is 1. The Labute approximate surface area is 89.1 Å². The average molecular weight is 235 g/mol. The van der Waals surface area contributed by atoms with Gasteiger partial charge in [-0.1, -0.05) is 11.6 Å². The monoisotopic (exact) mass is 234 g/mol. The first-order chi connectivity index (χ1) is 6.90. The summed E-state index contributed by atoms with van der Waals surface area (Å²) in [4.78, 5) is 0. The molecule has 0 unspecified atom stereocenters. The minimum absolute atomic E-state index is 0.0713. The maximum Gasteiger partial charge on any atom is 0.417 e. The van der Waals surface area contributed by atoms with E-state index in [2.05, 4.69) is 0 Å². The summed E-state index contributed by atoms with van der Waals surface area (Å²) < 4.78 is 37.3. The van der Waals surface area contributed by atoms with Crippen LogP contribution in [0, 0.1) is 11.3 Å². The fourth-order valence-corrected chi connectivity index (χ4v) is 1.34. The molecule has 0 heterocycles. The summed E-state index contributed by atoms with van der Waals surface area (Å²) in [6.45, 7) is -0.104. The molecule has 0 amide bonds. The number of hydrogen-bond donors (Lipinski definition) is 1. The normalized spacial score (nSPS) is 11.2. The van der Waals surface area contributed by atoms with Crippen molar-refractivity contribution in [2.24, 2.45) is 5.73 Å². The predicted octanol–water partition coefficient (Wildman–Crippen LogP) is 2.69. The Morgan fingerprint density at radius 2 is 2.00 bits per heavy atom. The lowest BCUT2D eigenvalue weighted by molar-refractivity contribution is -0.137. The summed E-state index contributed by atoms with van der Waals surface area (Å²) in [5.41, 5.74) is 3.89. The van der Waals surface area contributed by atoms with Gasteiger partial charge in [0, 0.05) is 11.6 Å². The van der Waals surface area contributed by atoms with E-state index in [0.717, 1.165) is 12.1 Å². The van der Waals surface area contributed by atoms with Crippen LogP contribution in [0.15, 0.2) is 12.1 Å². The predicted molar refractivity (Wildman–Crippen MR) is 49.1 cm³/mol. The van der Waals surface area contributed by atoms with Gasteiger partial charge in [0.2, 0.25) is 0 Å². The van der Waals surface area contributed by atoms with Gasteiger partial charge in [-0.15, -0.1) is 0 Å². The first-order valence-corrected chi connectivity index (χ1v) is 4.27. The highest BCUT2D eigenvalue weighted by molar-refractivity contribution is 6.31. The zero-order valence-corrected chi connectivity index (χ0v) is 8.15. The Morgan fingerprint density at radius 1 is 1.40 bits per heavy atom. The molecular formula is C9H6ClF3N2. The number of hydrogen-bond acceptors (Lipinski definition) is 2. The van der Waals surface area contributed by atoms with Gasteiger partial charge in [-0.2, -0.15) is 18.4 Å².